The minimum absolute atomic E-state index is 0. The molecule has 38 heavy (non-hydrogen) atoms. The van der Waals surface area contributed by atoms with Gasteiger partial charge in [0.25, 0.3) is 0 Å². The first-order chi connectivity index (χ1) is 17.4. The van der Waals surface area contributed by atoms with Crippen LogP contribution in [0.25, 0.3) is 0 Å². The van der Waals surface area contributed by atoms with Crippen LogP contribution in [0.15, 0.2) is 0 Å². The first-order valence-electron chi connectivity index (χ1n) is 8.75. The van der Waals surface area contributed by atoms with Gasteiger partial charge in [-0.1, -0.05) is 0 Å². The van der Waals surface area contributed by atoms with Crippen molar-refractivity contribution in [2.45, 2.75) is 27.7 Å². The van der Waals surface area contributed by atoms with Gasteiger partial charge in [-0.3, -0.25) is 19.2 Å². The van der Waals surface area contributed by atoms with Gasteiger partial charge in [-0.05, 0) is 27.7 Å². The molecule has 210 valence electrons. The van der Waals surface area contributed by atoms with E-state index in [1.54, 1.807) is 27.7 Å². The van der Waals surface area contributed by atoms with Crippen molar-refractivity contribution >= 4 is 23.9 Å². The third-order valence-corrected chi connectivity index (χ3v) is 2.38. The molecule has 0 heterocycles. The Hall–Kier alpha value is -3.16. The van der Waals surface area contributed by atoms with Gasteiger partial charge < -0.3 is 43.6 Å². The fourth-order valence-corrected chi connectivity index (χ4v) is 1.51. The Morgan fingerprint density at radius 2 is 0.711 bits per heavy atom. The van der Waals surface area contributed by atoms with Crippen LogP contribution in [0, 0.1) is 64.6 Å². The Labute approximate surface area is 242 Å². The predicted octanol–water partition coefficient (Wildman–Crippen LogP) is 0.566. The molecule has 0 aromatic heterocycles. The summed E-state index contributed by atoms with van der Waals surface area (Å²) < 4.78 is 64.1. The molecule has 0 saturated heterocycles. The van der Waals surface area contributed by atoms with E-state index in [4.69, 9.17) is 46.9 Å². The Morgan fingerprint density at radius 3 is 0.868 bits per heavy atom. The second kappa shape index (κ2) is 59.1. The normalized spacial score (nSPS) is 6.21. The molecule has 0 aliphatic heterocycles. The summed E-state index contributed by atoms with van der Waals surface area (Å²) >= 11 is 0. The molecule has 14 nitrogen and oxygen atoms in total. The van der Waals surface area contributed by atoms with Crippen LogP contribution in [-0.2, 0) is 100 Å². The smallest absolute Gasteiger partial charge is 0 e. The molecule has 0 bridgehead atoms. The van der Waals surface area contributed by atoms with E-state index in [0.717, 1.165) is 12.8 Å². The summed E-state index contributed by atoms with van der Waals surface area (Å²) in [5.74, 6) is -4.54. The van der Waals surface area contributed by atoms with E-state index >= 15 is 0 Å². The standard InChI is InChI=1S/C16H22O8.6CO.2Fe/c1-5-21-13(17)9-11(15(19)23-7-3)12(16(20)24-8-4)10-14(18)22-6-2;6*1-2;;/h9-10H,5-8H2,1-4H3;;;;;;;;/q-4;;;;;;;;+4. The number of hydrogen-bond acceptors (Lipinski definition) is 8. The summed E-state index contributed by atoms with van der Waals surface area (Å²) in [6.07, 6.45) is 1.56. The summed E-state index contributed by atoms with van der Waals surface area (Å²) in [5.41, 5.74) is 0. The van der Waals surface area contributed by atoms with Crippen LogP contribution >= 0.6 is 0 Å². The van der Waals surface area contributed by atoms with Crippen molar-refractivity contribution in [3.63, 3.8) is 0 Å². The Morgan fingerprint density at radius 1 is 0.526 bits per heavy atom. The van der Waals surface area contributed by atoms with E-state index in [0.29, 0.717) is 0 Å². The van der Waals surface area contributed by atoms with Gasteiger partial charge >= 0.3 is 84.9 Å². The molecule has 16 heteroatoms. The van der Waals surface area contributed by atoms with Gasteiger partial charge in [0.2, 0.25) is 0 Å². The van der Waals surface area contributed by atoms with Crippen molar-refractivity contribution < 1.29 is 100 Å². The van der Waals surface area contributed by atoms with Crippen molar-refractivity contribution in [3.05, 3.63) is 64.6 Å². The fraction of sp³-hybridized carbons (Fsp3) is 0.364. The molecule has 0 aliphatic rings. The number of esters is 4. The monoisotopic (exact) mass is 622 g/mol. The summed E-state index contributed by atoms with van der Waals surface area (Å²) in [6, 6.07) is 0. The molecule has 0 radical (unpaired) electrons. The van der Waals surface area contributed by atoms with Crippen LogP contribution in [-0.4, -0.2) is 50.3 Å². The molecular formula is C22H22Fe2O14. The SMILES string of the molecule is CCOC(=O)[CH-][C-](C(=O)OCC)[C-]([CH-]C(=O)OCC)C(=O)OCC.[C-]#[O+].[C-]#[O+].[C-]#[O+].[C-]#[O+].[C-]#[O+].[C-]#[O+].[Fe+4].[Fe]. The van der Waals surface area contributed by atoms with E-state index < -0.39 is 35.7 Å². The van der Waals surface area contributed by atoms with Gasteiger partial charge in [0.15, 0.2) is 0 Å². The van der Waals surface area contributed by atoms with Crippen LogP contribution < -0.4 is 0 Å². The van der Waals surface area contributed by atoms with E-state index in [2.05, 4.69) is 39.9 Å². The van der Waals surface area contributed by atoms with E-state index in [1.165, 1.54) is 0 Å². The number of rotatable bonds is 11. The first-order valence-corrected chi connectivity index (χ1v) is 8.75. The van der Waals surface area contributed by atoms with Crippen LogP contribution in [0.2, 0.25) is 0 Å². The number of carbonyl (C=O) groups excluding carboxylic acids is 4. The van der Waals surface area contributed by atoms with E-state index in [-0.39, 0.29) is 60.6 Å². The summed E-state index contributed by atoms with van der Waals surface area (Å²) in [4.78, 5) is 47.5. The topological polar surface area (TPSA) is 225 Å². The number of hydrogen-bond donors (Lipinski definition) is 0. The average Bonchev–Trinajstić information content (AvgIpc) is 2.93. The predicted molar refractivity (Wildman–Crippen MR) is 105 cm³/mol. The molecule has 0 rings (SSSR count). The van der Waals surface area contributed by atoms with Gasteiger partial charge in [-0.15, -0.1) is 0 Å². The van der Waals surface area contributed by atoms with Crippen molar-refractivity contribution in [2.24, 2.45) is 0 Å². The Bertz CT molecular complexity index is 594. The second-order valence-corrected chi connectivity index (χ2v) is 4.06. The zero-order valence-corrected chi connectivity index (χ0v) is 22.6. The summed E-state index contributed by atoms with van der Waals surface area (Å²) in [6.45, 7) is 33.4. The quantitative estimate of drug-likeness (QED) is 0.104. The maximum absolute atomic E-state index is 12.1. The minimum Gasteiger partial charge on any atom is 0 e. The number of carbonyl (C=O) groups is 4. The van der Waals surface area contributed by atoms with Crippen molar-refractivity contribution in [3.8, 4) is 0 Å². The molecule has 0 amide bonds. The van der Waals surface area contributed by atoms with Crippen molar-refractivity contribution in [2.75, 3.05) is 26.4 Å². The van der Waals surface area contributed by atoms with Crippen LogP contribution in [0.4, 0.5) is 0 Å². The Kier molecular flexibility index (Phi) is 93.0. The molecule has 0 atom stereocenters. The zero-order chi connectivity index (χ0) is 30.5. The van der Waals surface area contributed by atoms with E-state index in [1.807, 2.05) is 0 Å². The van der Waals surface area contributed by atoms with Gasteiger partial charge in [0, 0.05) is 17.1 Å². The maximum atomic E-state index is 12.1. The maximum Gasteiger partial charge on any atom is 4.00 e. The fourth-order valence-electron chi connectivity index (χ4n) is 1.51. The molecule has 0 aliphatic carbocycles. The largest absolute Gasteiger partial charge is 4.00 e. The molecule has 0 N–H and O–H groups in total. The molecule has 0 spiro atoms. The minimum atomic E-state index is -0.964. The van der Waals surface area contributed by atoms with Crippen LogP contribution in [0.5, 0.6) is 0 Å². The molecule has 0 fully saturated rings. The first kappa shape index (κ1) is 59.8. The molecule has 0 saturated carbocycles. The van der Waals surface area contributed by atoms with E-state index in [9.17, 15) is 19.2 Å². The van der Waals surface area contributed by atoms with Gasteiger partial charge in [-0.2, -0.15) is 0 Å². The van der Waals surface area contributed by atoms with Crippen LogP contribution in [0.1, 0.15) is 27.7 Å². The van der Waals surface area contributed by atoms with Gasteiger partial charge in [-0.25, -0.2) is 0 Å². The molecule has 0 aromatic carbocycles. The third kappa shape index (κ3) is 40.0. The Balaban J connectivity index is -0.0000000750. The summed E-state index contributed by atoms with van der Waals surface area (Å²) in [7, 11) is 0. The third-order valence-electron chi connectivity index (χ3n) is 2.38. The van der Waals surface area contributed by atoms with Crippen molar-refractivity contribution in [1.82, 2.24) is 0 Å². The molecular weight excluding hydrogens is 600 g/mol. The second-order valence-electron chi connectivity index (χ2n) is 4.06. The molecule has 0 aromatic rings. The van der Waals surface area contributed by atoms with Crippen LogP contribution in [0.3, 0.4) is 0 Å². The average molecular weight is 622 g/mol. The molecule has 0 unspecified atom stereocenters. The zero-order valence-electron chi connectivity index (χ0n) is 20.4. The van der Waals surface area contributed by atoms with Gasteiger partial charge in [0.05, 0.1) is 26.4 Å². The summed E-state index contributed by atoms with van der Waals surface area (Å²) in [5, 5.41) is 0. The number of ether oxygens (including phenoxy) is 4. The van der Waals surface area contributed by atoms with Gasteiger partial charge in [0.1, 0.15) is 23.9 Å². The van der Waals surface area contributed by atoms with Crippen molar-refractivity contribution in [1.29, 1.82) is 0 Å².